The van der Waals surface area contributed by atoms with Crippen LogP contribution in [0, 0.1) is 0 Å². The number of alkyl halides is 1. The van der Waals surface area contributed by atoms with Gasteiger partial charge in [-0.25, -0.2) is 0 Å². The molecule has 0 aliphatic rings. The molecule has 0 fully saturated rings. The lowest BCUT2D eigenvalue weighted by Crippen LogP contribution is -1.94. The second kappa shape index (κ2) is 7.49. The van der Waals surface area contributed by atoms with Crippen LogP contribution < -0.4 is 4.74 Å². The van der Waals surface area contributed by atoms with E-state index in [2.05, 4.69) is 40.2 Å². The Morgan fingerprint density at radius 3 is 2.61 bits per heavy atom. The van der Waals surface area contributed by atoms with Crippen molar-refractivity contribution in [1.82, 2.24) is 0 Å². The van der Waals surface area contributed by atoms with Gasteiger partial charge < -0.3 is 4.74 Å². The van der Waals surface area contributed by atoms with E-state index in [4.69, 9.17) is 4.74 Å². The summed E-state index contributed by atoms with van der Waals surface area (Å²) in [5, 5.41) is 1.01. The number of halogens is 1. The summed E-state index contributed by atoms with van der Waals surface area (Å²) in [7, 11) is 0. The van der Waals surface area contributed by atoms with Gasteiger partial charge in [-0.2, -0.15) is 0 Å². The van der Waals surface area contributed by atoms with E-state index in [0.29, 0.717) is 6.61 Å². The zero-order chi connectivity index (χ0) is 12.6. The SMILES string of the molecule is BrCCSc1cccc(OCc2ccccc2)c1. The lowest BCUT2D eigenvalue weighted by molar-refractivity contribution is 0.305. The second-order valence-corrected chi connectivity index (χ2v) is 5.75. The maximum atomic E-state index is 5.79. The number of benzene rings is 2. The van der Waals surface area contributed by atoms with E-state index in [1.807, 2.05) is 42.1 Å². The molecule has 0 saturated carbocycles. The Labute approximate surface area is 121 Å². The fraction of sp³-hybridized carbons (Fsp3) is 0.200. The number of rotatable bonds is 6. The van der Waals surface area contributed by atoms with Crippen molar-refractivity contribution in [1.29, 1.82) is 0 Å². The summed E-state index contributed by atoms with van der Waals surface area (Å²) >= 11 is 5.26. The zero-order valence-corrected chi connectivity index (χ0v) is 12.4. The van der Waals surface area contributed by atoms with Crippen LogP contribution in [0.3, 0.4) is 0 Å². The van der Waals surface area contributed by atoms with Gasteiger partial charge >= 0.3 is 0 Å². The van der Waals surface area contributed by atoms with Gasteiger partial charge in [0.05, 0.1) is 0 Å². The average molecular weight is 323 g/mol. The maximum Gasteiger partial charge on any atom is 0.120 e. The van der Waals surface area contributed by atoms with E-state index in [0.717, 1.165) is 16.8 Å². The number of hydrogen-bond donors (Lipinski definition) is 0. The topological polar surface area (TPSA) is 9.23 Å². The minimum absolute atomic E-state index is 0.618. The molecule has 0 bridgehead atoms. The highest BCUT2D eigenvalue weighted by molar-refractivity contribution is 9.09. The van der Waals surface area contributed by atoms with Crippen LogP contribution in [-0.2, 0) is 6.61 Å². The van der Waals surface area contributed by atoms with E-state index >= 15 is 0 Å². The molecule has 0 aliphatic heterocycles. The maximum absolute atomic E-state index is 5.79. The summed E-state index contributed by atoms with van der Waals surface area (Å²) in [6.07, 6.45) is 0. The first kappa shape index (κ1) is 13.5. The Balaban J connectivity index is 1.93. The van der Waals surface area contributed by atoms with Crippen LogP contribution in [0.15, 0.2) is 59.5 Å². The summed E-state index contributed by atoms with van der Waals surface area (Å²) in [5.41, 5.74) is 1.19. The van der Waals surface area contributed by atoms with Crippen LogP contribution in [0.1, 0.15) is 5.56 Å². The lowest BCUT2D eigenvalue weighted by atomic mass is 10.2. The van der Waals surface area contributed by atoms with Crippen molar-refractivity contribution in [3.8, 4) is 5.75 Å². The third kappa shape index (κ3) is 4.39. The molecule has 18 heavy (non-hydrogen) atoms. The van der Waals surface area contributed by atoms with E-state index in [1.165, 1.54) is 10.5 Å². The van der Waals surface area contributed by atoms with Crippen molar-refractivity contribution < 1.29 is 4.74 Å². The zero-order valence-electron chi connectivity index (χ0n) is 10.0. The van der Waals surface area contributed by atoms with E-state index < -0.39 is 0 Å². The first-order valence-corrected chi connectivity index (χ1v) is 7.95. The molecule has 0 unspecified atom stereocenters. The van der Waals surface area contributed by atoms with E-state index in [9.17, 15) is 0 Å². The van der Waals surface area contributed by atoms with Crippen molar-refractivity contribution >= 4 is 27.7 Å². The van der Waals surface area contributed by atoms with Crippen LogP contribution in [0.5, 0.6) is 5.75 Å². The Morgan fingerprint density at radius 1 is 1.00 bits per heavy atom. The Morgan fingerprint density at radius 2 is 1.83 bits per heavy atom. The third-order valence-electron chi connectivity index (χ3n) is 2.40. The van der Waals surface area contributed by atoms with Crippen LogP contribution in [0.25, 0.3) is 0 Å². The molecule has 0 heterocycles. The molecule has 0 N–H and O–H groups in total. The molecular formula is C15H15BrOS. The summed E-state index contributed by atoms with van der Waals surface area (Å²) in [6, 6.07) is 18.5. The molecular weight excluding hydrogens is 308 g/mol. The van der Waals surface area contributed by atoms with Gasteiger partial charge in [0.2, 0.25) is 0 Å². The van der Waals surface area contributed by atoms with Crippen LogP contribution in [-0.4, -0.2) is 11.1 Å². The van der Waals surface area contributed by atoms with Gasteiger partial charge in [-0.3, -0.25) is 0 Å². The molecule has 2 aromatic rings. The van der Waals surface area contributed by atoms with Gasteiger partial charge in [0, 0.05) is 16.0 Å². The number of hydrogen-bond acceptors (Lipinski definition) is 2. The van der Waals surface area contributed by atoms with Gasteiger partial charge in [-0.15, -0.1) is 11.8 Å². The van der Waals surface area contributed by atoms with E-state index in [-0.39, 0.29) is 0 Å². The van der Waals surface area contributed by atoms with Crippen molar-refractivity contribution in [3.63, 3.8) is 0 Å². The molecule has 0 spiro atoms. The Hall–Kier alpha value is -0.930. The van der Waals surface area contributed by atoms with Crippen molar-refractivity contribution in [2.75, 3.05) is 11.1 Å². The van der Waals surface area contributed by atoms with Crippen LogP contribution >= 0.6 is 27.7 Å². The molecule has 94 valence electrons. The minimum Gasteiger partial charge on any atom is -0.489 e. The predicted molar refractivity (Wildman–Crippen MR) is 81.7 cm³/mol. The molecule has 2 aromatic carbocycles. The Kier molecular flexibility index (Phi) is 5.62. The molecule has 3 heteroatoms. The number of thioether (sulfide) groups is 1. The normalized spacial score (nSPS) is 10.3. The molecule has 2 rings (SSSR count). The van der Waals surface area contributed by atoms with Gasteiger partial charge in [0.1, 0.15) is 12.4 Å². The summed E-state index contributed by atoms with van der Waals surface area (Å²) in [6.45, 7) is 0.618. The molecule has 0 aromatic heterocycles. The highest BCUT2D eigenvalue weighted by atomic mass is 79.9. The average Bonchev–Trinajstić information content (AvgIpc) is 2.44. The quantitative estimate of drug-likeness (QED) is 0.560. The summed E-state index contributed by atoms with van der Waals surface area (Å²) < 4.78 is 5.79. The van der Waals surface area contributed by atoms with Crippen molar-refractivity contribution in [2.24, 2.45) is 0 Å². The fourth-order valence-electron chi connectivity index (χ4n) is 1.55. The van der Waals surface area contributed by atoms with Crippen molar-refractivity contribution in [3.05, 3.63) is 60.2 Å². The largest absolute Gasteiger partial charge is 0.489 e. The Bertz CT molecular complexity index is 473. The minimum atomic E-state index is 0.618. The van der Waals surface area contributed by atoms with Gasteiger partial charge in [0.25, 0.3) is 0 Å². The van der Waals surface area contributed by atoms with E-state index in [1.54, 1.807) is 0 Å². The molecule has 1 nitrogen and oxygen atoms in total. The van der Waals surface area contributed by atoms with Gasteiger partial charge in [-0.05, 0) is 23.8 Å². The summed E-state index contributed by atoms with van der Waals surface area (Å²) in [5.74, 6) is 2.00. The molecule has 0 atom stereocenters. The second-order valence-electron chi connectivity index (χ2n) is 3.79. The smallest absolute Gasteiger partial charge is 0.120 e. The molecule has 0 saturated heterocycles. The fourth-order valence-corrected chi connectivity index (χ4v) is 2.72. The number of ether oxygens (including phenoxy) is 1. The lowest BCUT2D eigenvalue weighted by Gasteiger charge is -2.07. The standard InChI is InChI=1S/C15H15BrOS/c16-9-10-18-15-8-4-7-14(11-15)17-12-13-5-2-1-3-6-13/h1-8,11H,9-10,12H2. The molecule has 0 aliphatic carbocycles. The highest BCUT2D eigenvalue weighted by Gasteiger charge is 1.98. The third-order valence-corrected chi connectivity index (χ3v) is 4.32. The molecule has 0 radical (unpaired) electrons. The summed E-state index contributed by atoms with van der Waals surface area (Å²) in [4.78, 5) is 1.25. The first-order valence-electron chi connectivity index (χ1n) is 5.84. The monoisotopic (exact) mass is 322 g/mol. The molecule has 0 amide bonds. The highest BCUT2D eigenvalue weighted by Crippen LogP contribution is 2.23. The van der Waals surface area contributed by atoms with Crippen LogP contribution in [0.4, 0.5) is 0 Å². The first-order chi connectivity index (χ1) is 8.88. The van der Waals surface area contributed by atoms with Gasteiger partial charge in [0.15, 0.2) is 0 Å². The van der Waals surface area contributed by atoms with Crippen LogP contribution in [0.2, 0.25) is 0 Å². The predicted octanol–water partition coefficient (Wildman–Crippen LogP) is 4.75. The van der Waals surface area contributed by atoms with Crippen molar-refractivity contribution in [2.45, 2.75) is 11.5 Å². The van der Waals surface area contributed by atoms with Gasteiger partial charge in [-0.1, -0.05) is 52.3 Å².